The van der Waals surface area contributed by atoms with Crippen LogP contribution in [0.1, 0.15) is 36.8 Å². The monoisotopic (exact) mass is 674 g/mol. The minimum atomic E-state index is -1.36. The molecule has 16 nitrogen and oxygen atoms in total. The molecular formula is C33H42N10O6. The van der Waals surface area contributed by atoms with Crippen LogP contribution in [0.25, 0.3) is 21.8 Å². The Balaban J connectivity index is 1.48. The van der Waals surface area contributed by atoms with Crippen molar-refractivity contribution in [2.45, 2.75) is 62.7 Å². The molecule has 260 valence electrons. The lowest BCUT2D eigenvalue weighted by Crippen LogP contribution is -2.57. The number of hydrogen-bond donors (Lipinski definition) is 10. The van der Waals surface area contributed by atoms with Gasteiger partial charge in [0.05, 0.1) is 6.04 Å². The van der Waals surface area contributed by atoms with Gasteiger partial charge in [-0.2, -0.15) is 0 Å². The number of nitrogens with one attached hydrogen (secondary N) is 5. The summed E-state index contributed by atoms with van der Waals surface area (Å²) < 4.78 is 0. The maximum Gasteiger partial charge on any atom is 0.326 e. The molecule has 4 aromatic rings. The van der Waals surface area contributed by atoms with Crippen molar-refractivity contribution in [3.05, 3.63) is 72.1 Å². The van der Waals surface area contributed by atoms with Gasteiger partial charge in [0.25, 0.3) is 0 Å². The quantitative estimate of drug-likeness (QED) is 0.0373. The molecule has 0 fully saturated rings. The number of fused-ring (bicyclic) bond motifs is 2. The molecule has 0 aliphatic heterocycles. The highest BCUT2D eigenvalue weighted by Crippen LogP contribution is 2.20. The highest BCUT2D eigenvalue weighted by atomic mass is 16.4. The molecule has 0 spiro atoms. The van der Waals surface area contributed by atoms with Crippen LogP contribution in [0.15, 0.2) is 65.9 Å². The number of aliphatic imine (C=N–C) groups is 1. The summed E-state index contributed by atoms with van der Waals surface area (Å²) in [5, 5.41) is 19.4. The molecule has 0 radical (unpaired) electrons. The van der Waals surface area contributed by atoms with E-state index < -0.39 is 53.8 Å². The number of aromatic amines is 2. The lowest BCUT2D eigenvalue weighted by molar-refractivity contribution is -0.142. The Bertz CT molecular complexity index is 1830. The second kappa shape index (κ2) is 16.8. The van der Waals surface area contributed by atoms with Gasteiger partial charge in [0, 0.05) is 53.6 Å². The van der Waals surface area contributed by atoms with Crippen LogP contribution in [0.4, 0.5) is 0 Å². The van der Waals surface area contributed by atoms with Gasteiger partial charge in [0.1, 0.15) is 18.1 Å². The average molecular weight is 675 g/mol. The van der Waals surface area contributed by atoms with Crippen LogP contribution in [0, 0.1) is 0 Å². The Labute approximate surface area is 281 Å². The van der Waals surface area contributed by atoms with Crippen molar-refractivity contribution in [2.24, 2.45) is 27.9 Å². The van der Waals surface area contributed by atoms with Gasteiger partial charge >= 0.3 is 5.97 Å². The first kappa shape index (κ1) is 35.9. The lowest BCUT2D eigenvalue weighted by Gasteiger charge is -2.25. The Morgan fingerprint density at radius 2 is 1.22 bits per heavy atom. The number of carboxylic acids is 1. The van der Waals surface area contributed by atoms with E-state index in [1.165, 1.54) is 0 Å². The van der Waals surface area contributed by atoms with Crippen molar-refractivity contribution in [1.82, 2.24) is 25.9 Å². The van der Waals surface area contributed by atoms with E-state index in [9.17, 15) is 29.1 Å². The predicted molar refractivity (Wildman–Crippen MR) is 184 cm³/mol. The van der Waals surface area contributed by atoms with Crippen LogP contribution in [0.3, 0.4) is 0 Å². The number of nitrogens with two attached hydrogens (primary N) is 4. The standard InChI is InChI=1S/C33H42N10O6/c34-22(14-18-16-39-23-8-3-1-6-20(18)23)29(45)41-25(10-5-13-38-33(36)37)30(46)42-26(11-12-28(35)44)31(47)43-27(32(48)49)15-19-17-40-24-9-4-2-7-21(19)24/h1-4,6-9,16-17,22,25-27,39-40H,5,10-15,34H2,(H2,35,44)(H,41,45)(H,42,46)(H,43,47)(H,48,49)(H4,36,37,38). The van der Waals surface area contributed by atoms with E-state index in [0.717, 1.165) is 27.4 Å². The first-order chi connectivity index (χ1) is 23.4. The van der Waals surface area contributed by atoms with Crippen molar-refractivity contribution in [1.29, 1.82) is 0 Å². The average Bonchev–Trinajstić information content (AvgIpc) is 3.67. The molecule has 4 unspecified atom stereocenters. The summed E-state index contributed by atoms with van der Waals surface area (Å²) in [5.41, 5.74) is 25.6. The second-order valence-electron chi connectivity index (χ2n) is 11.7. The van der Waals surface area contributed by atoms with Crippen molar-refractivity contribution in [3.63, 3.8) is 0 Å². The number of aliphatic carboxylic acids is 1. The summed E-state index contributed by atoms with van der Waals surface area (Å²) in [6.07, 6.45) is 3.39. The Morgan fingerprint density at radius 3 is 1.78 bits per heavy atom. The fourth-order valence-electron chi connectivity index (χ4n) is 5.50. The number of hydrogen-bond acceptors (Lipinski definition) is 7. The summed E-state index contributed by atoms with van der Waals surface area (Å²) in [6.45, 7) is 0.156. The molecule has 4 amide bonds. The van der Waals surface area contributed by atoms with Crippen LogP contribution in [-0.4, -0.2) is 81.3 Å². The number of primary amides is 1. The first-order valence-corrected chi connectivity index (χ1v) is 15.8. The minimum absolute atomic E-state index is 0.0562. The van der Waals surface area contributed by atoms with Gasteiger partial charge in [-0.15, -0.1) is 0 Å². The number of nitrogens with zero attached hydrogens (tertiary/aromatic N) is 1. The normalized spacial score (nSPS) is 13.6. The Kier molecular flexibility index (Phi) is 12.3. The summed E-state index contributed by atoms with van der Waals surface area (Å²) in [7, 11) is 0. The zero-order chi connectivity index (χ0) is 35.5. The smallest absolute Gasteiger partial charge is 0.326 e. The number of H-pyrrole nitrogens is 2. The molecule has 0 aliphatic carbocycles. The van der Waals surface area contributed by atoms with E-state index in [2.05, 4.69) is 30.9 Å². The van der Waals surface area contributed by atoms with Gasteiger partial charge in [0.2, 0.25) is 23.6 Å². The zero-order valence-electron chi connectivity index (χ0n) is 26.8. The molecule has 0 bridgehead atoms. The molecule has 2 aromatic heterocycles. The van der Waals surface area contributed by atoms with Crippen LogP contribution in [0.5, 0.6) is 0 Å². The van der Waals surface area contributed by atoms with E-state index in [1.807, 2.05) is 48.5 Å². The van der Waals surface area contributed by atoms with E-state index in [-0.39, 0.29) is 51.0 Å². The number of carboxylic acid groups (broad SMARTS) is 1. The van der Waals surface area contributed by atoms with Crippen LogP contribution in [-0.2, 0) is 36.8 Å². The van der Waals surface area contributed by atoms with Crippen molar-refractivity contribution >= 4 is 57.4 Å². The SMILES string of the molecule is NC(=O)CCC(NC(=O)C(CCCN=C(N)N)NC(=O)C(N)Cc1c[nH]c2ccccc12)C(=O)NC(Cc1c[nH]c2ccccc12)C(=O)O. The molecule has 2 aromatic carbocycles. The van der Waals surface area contributed by atoms with Gasteiger partial charge in [-0.3, -0.25) is 24.2 Å². The number of carbonyl (C=O) groups excluding carboxylic acids is 4. The van der Waals surface area contributed by atoms with Crippen LogP contribution in [0.2, 0.25) is 0 Å². The maximum atomic E-state index is 13.6. The number of para-hydroxylation sites is 2. The van der Waals surface area contributed by atoms with E-state index in [0.29, 0.717) is 5.56 Å². The Hall–Kier alpha value is -5.90. The zero-order valence-corrected chi connectivity index (χ0v) is 26.8. The highest BCUT2D eigenvalue weighted by molar-refractivity contribution is 5.95. The number of rotatable bonds is 18. The molecular weight excluding hydrogens is 632 g/mol. The van der Waals surface area contributed by atoms with E-state index in [1.54, 1.807) is 12.4 Å². The largest absolute Gasteiger partial charge is 0.480 e. The van der Waals surface area contributed by atoms with Crippen molar-refractivity contribution in [3.8, 4) is 0 Å². The van der Waals surface area contributed by atoms with E-state index in [4.69, 9.17) is 22.9 Å². The number of amides is 4. The lowest BCUT2D eigenvalue weighted by atomic mass is 10.0. The minimum Gasteiger partial charge on any atom is -0.480 e. The maximum absolute atomic E-state index is 13.6. The van der Waals surface area contributed by atoms with Crippen molar-refractivity contribution in [2.75, 3.05) is 6.54 Å². The molecule has 16 heteroatoms. The molecule has 0 saturated carbocycles. The first-order valence-electron chi connectivity index (χ1n) is 15.8. The third-order valence-electron chi connectivity index (χ3n) is 8.06. The molecule has 4 atom stereocenters. The van der Waals surface area contributed by atoms with Gasteiger partial charge in [0.15, 0.2) is 5.96 Å². The fraction of sp³-hybridized carbons (Fsp3) is 0.333. The molecule has 4 rings (SSSR count). The van der Waals surface area contributed by atoms with Crippen LogP contribution < -0.4 is 38.9 Å². The summed E-state index contributed by atoms with van der Waals surface area (Å²) >= 11 is 0. The topological polar surface area (TPSA) is 290 Å². The summed E-state index contributed by atoms with van der Waals surface area (Å²) in [4.78, 5) is 74.3. The Morgan fingerprint density at radius 1 is 0.714 bits per heavy atom. The number of aromatic nitrogens is 2. The van der Waals surface area contributed by atoms with Gasteiger partial charge < -0.3 is 54.0 Å². The molecule has 14 N–H and O–H groups in total. The summed E-state index contributed by atoms with van der Waals surface area (Å²) in [6, 6.07) is 9.92. The third kappa shape index (κ3) is 10.0. The number of carbonyl (C=O) groups is 5. The van der Waals surface area contributed by atoms with Gasteiger partial charge in [-0.05, 0) is 48.9 Å². The fourth-order valence-corrected chi connectivity index (χ4v) is 5.50. The predicted octanol–water partition coefficient (Wildman–Crippen LogP) is -0.380. The van der Waals surface area contributed by atoms with Crippen LogP contribution >= 0.6 is 0 Å². The third-order valence-corrected chi connectivity index (χ3v) is 8.06. The molecule has 49 heavy (non-hydrogen) atoms. The van der Waals surface area contributed by atoms with Crippen molar-refractivity contribution < 1.29 is 29.1 Å². The number of benzene rings is 2. The summed E-state index contributed by atoms with van der Waals surface area (Å²) in [5.74, 6) is -4.39. The van der Waals surface area contributed by atoms with E-state index >= 15 is 0 Å². The molecule has 0 aliphatic rings. The van der Waals surface area contributed by atoms with Gasteiger partial charge in [-0.1, -0.05) is 36.4 Å². The number of guanidine groups is 1. The molecule has 2 heterocycles. The highest BCUT2D eigenvalue weighted by Gasteiger charge is 2.31. The second-order valence-corrected chi connectivity index (χ2v) is 11.7. The van der Waals surface area contributed by atoms with Gasteiger partial charge in [-0.25, -0.2) is 4.79 Å². The molecule has 0 saturated heterocycles.